The summed E-state index contributed by atoms with van der Waals surface area (Å²) in [4.78, 5) is 12.8. The molecule has 3 aromatic rings. The molecule has 32 heavy (non-hydrogen) atoms. The first kappa shape index (κ1) is 22.5. The average molecular weight is 491 g/mol. The molecule has 1 aliphatic heterocycles. The SMILES string of the molecule is COc1ccc(C(=O)Nc2ccc(Cl)c(Cl)c2)cc1S(=O)(=O)N1CCCc2ccccc21. The number of hydrogen-bond donors (Lipinski definition) is 1. The van der Waals surface area contributed by atoms with Crippen LogP contribution in [-0.4, -0.2) is 28.0 Å². The summed E-state index contributed by atoms with van der Waals surface area (Å²) in [7, 11) is -2.57. The van der Waals surface area contributed by atoms with Gasteiger partial charge in [-0.15, -0.1) is 0 Å². The highest BCUT2D eigenvalue weighted by molar-refractivity contribution is 7.93. The van der Waals surface area contributed by atoms with Gasteiger partial charge in [-0.1, -0.05) is 41.4 Å². The molecule has 4 rings (SSSR count). The smallest absolute Gasteiger partial charge is 0.268 e. The molecule has 6 nitrogen and oxygen atoms in total. The maximum absolute atomic E-state index is 13.6. The van der Waals surface area contributed by atoms with Crippen molar-refractivity contribution in [3.05, 3.63) is 81.8 Å². The summed E-state index contributed by atoms with van der Waals surface area (Å²) in [6.45, 7) is 0.349. The molecule has 0 saturated heterocycles. The van der Waals surface area contributed by atoms with E-state index in [1.165, 1.54) is 35.7 Å². The second-order valence-corrected chi connectivity index (χ2v) is 9.90. The molecular formula is C23H20Cl2N2O4S. The van der Waals surface area contributed by atoms with Gasteiger partial charge in [0.1, 0.15) is 10.6 Å². The van der Waals surface area contributed by atoms with Gasteiger partial charge in [0, 0.05) is 17.8 Å². The van der Waals surface area contributed by atoms with E-state index in [4.69, 9.17) is 27.9 Å². The summed E-state index contributed by atoms with van der Waals surface area (Å²) in [5.74, 6) is -0.319. The van der Waals surface area contributed by atoms with Crippen molar-refractivity contribution in [2.45, 2.75) is 17.7 Å². The summed E-state index contributed by atoms with van der Waals surface area (Å²) in [6, 6.07) is 16.4. The van der Waals surface area contributed by atoms with Crippen LogP contribution in [0.3, 0.4) is 0 Å². The van der Waals surface area contributed by atoms with E-state index < -0.39 is 15.9 Å². The van der Waals surface area contributed by atoms with Crippen molar-refractivity contribution in [2.75, 3.05) is 23.3 Å². The number of aryl methyl sites for hydroxylation is 1. The number of halogens is 2. The van der Waals surface area contributed by atoms with Crippen LogP contribution in [0, 0.1) is 0 Å². The maximum atomic E-state index is 13.6. The predicted molar refractivity (Wildman–Crippen MR) is 127 cm³/mol. The van der Waals surface area contributed by atoms with Crippen LogP contribution >= 0.6 is 23.2 Å². The molecule has 0 atom stereocenters. The van der Waals surface area contributed by atoms with Crippen molar-refractivity contribution < 1.29 is 17.9 Å². The lowest BCUT2D eigenvalue weighted by Gasteiger charge is -2.31. The van der Waals surface area contributed by atoms with Crippen LogP contribution in [0.15, 0.2) is 65.6 Å². The molecule has 0 unspecified atom stereocenters. The van der Waals surface area contributed by atoms with Gasteiger partial charge in [0.25, 0.3) is 15.9 Å². The maximum Gasteiger partial charge on any atom is 0.268 e. The molecule has 0 radical (unpaired) electrons. The predicted octanol–water partition coefficient (Wildman–Crippen LogP) is 5.40. The number of amides is 1. The van der Waals surface area contributed by atoms with Crippen LogP contribution in [-0.2, 0) is 16.4 Å². The number of para-hydroxylation sites is 1. The van der Waals surface area contributed by atoms with E-state index in [0.29, 0.717) is 34.4 Å². The van der Waals surface area contributed by atoms with E-state index in [1.807, 2.05) is 18.2 Å². The van der Waals surface area contributed by atoms with Crippen molar-refractivity contribution >= 4 is 50.5 Å². The third-order valence-corrected chi connectivity index (χ3v) is 7.81. The van der Waals surface area contributed by atoms with Crippen molar-refractivity contribution in [2.24, 2.45) is 0 Å². The summed E-state index contributed by atoms with van der Waals surface area (Å²) in [5, 5.41) is 3.37. The summed E-state index contributed by atoms with van der Waals surface area (Å²) >= 11 is 11.9. The molecule has 0 bridgehead atoms. The molecule has 1 amide bonds. The van der Waals surface area contributed by atoms with Crippen LogP contribution in [0.1, 0.15) is 22.3 Å². The first-order chi connectivity index (χ1) is 15.3. The number of carbonyl (C=O) groups excluding carboxylic acids is 1. The van der Waals surface area contributed by atoms with Gasteiger partial charge in [-0.05, 0) is 60.9 Å². The van der Waals surface area contributed by atoms with E-state index in [-0.39, 0.29) is 16.2 Å². The second-order valence-electron chi connectivity index (χ2n) is 7.26. The second kappa shape index (κ2) is 9.02. The van der Waals surface area contributed by atoms with Crippen LogP contribution < -0.4 is 14.4 Å². The number of methoxy groups -OCH3 is 1. The van der Waals surface area contributed by atoms with Gasteiger partial charge in [-0.25, -0.2) is 8.42 Å². The van der Waals surface area contributed by atoms with E-state index in [0.717, 1.165) is 12.0 Å². The summed E-state index contributed by atoms with van der Waals surface area (Å²) in [6.07, 6.45) is 1.52. The number of anilines is 2. The topological polar surface area (TPSA) is 75.7 Å². The molecule has 0 saturated carbocycles. The van der Waals surface area contributed by atoms with Crippen molar-refractivity contribution in [3.63, 3.8) is 0 Å². The minimum Gasteiger partial charge on any atom is -0.495 e. The van der Waals surface area contributed by atoms with Gasteiger partial charge in [0.05, 0.1) is 22.8 Å². The zero-order valence-corrected chi connectivity index (χ0v) is 19.5. The van der Waals surface area contributed by atoms with Crippen molar-refractivity contribution in [3.8, 4) is 5.75 Å². The molecule has 1 aliphatic rings. The molecule has 0 fully saturated rings. The van der Waals surface area contributed by atoms with E-state index in [9.17, 15) is 13.2 Å². The fourth-order valence-corrected chi connectivity index (χ4v) is 5.69. The van der Waals surface area contributed by atoms with Gasteiger partial charge in [0.2, 0.25) is 0 Å². The van der Waals surface area contributed by atoms with Crippen LogP contribution in [0.5, 0.6) is 5.75 Å². The number of fused-ring (bicyclic) bond motifs is 1. The number of nitrogens with zero attached hydrogens (tertiary/aromatic N) is 1. The third kappa shape index (κ3) is 4.28. The Hall–Kier alpha value is -2.74. The monoisotopic (exact) mass is 490 g/mol. The Bertz CT molecular complexity index is 1290. The highest BCUT2D eigenvalue weighted by atomic mass is 35.5. The number of sulfonamides is 1. The van der Waals surface area contributed by atoms with E-state index >= 15 is 0 Å². The van der Waals surface area contributed by atoms with Gasteiger partial charge in [0.15, 0.2) is 0 Å². The third-order valence-electron chi connectivity index (χ3n) is 5.24. The number of carbonyl (C=O) groups is 1. The molecule has 1 N–H and O–H groups in total. The molecule has 9 heteroatoms. The Labute approximate surface area is 196 Å². The lowest BCUT2D eigenvalue weighted by molar-refractivity contribution is 0.102. The average Bonchev–Trinajstić information content (AvgIpc) is 2.80. The molecule has 0 spiro atoms. The highest BCUT2D eigenvalue weighted by Crippen LogP contribution is 2.35. The molecule has 3 aromatic carbocycles. The highest BCUT2D eigenvalue weighted by Gasteiger charge is 2.32. The Morgan fingerprint density at radius 2 is 1.81 bits per heavy atom. The zero-order chi connectivity index (χ0) is 22.9. The van der Waals surface area contributed by atoms with Gasteiger partial charge in [-0.2, -0.15) is 0 Å². The first-order valence-electron chi connectivity index (χ1n) is 9.86. The number of ether oxygens (including phenoxy) is 1. The van der Waals surface area contributed by atoms with Gasteiger partial charge < -0.3 is 10.1 Å². The van der Waals surface area contributed by atoms with Crippen molar-refractivity contribution in [1.29, 1.82) is 0 Å². The Kier molecular flexibility index (Phi) is 6.33. The van der Waals surface area contributed by atoms with E-state index in [2.05, 4.69) is 5.32 Å². The quantitative estimate of drug-likeness (QED) is 0.519. The summed E-state index contributed by atoms with van der Waals surface area (Å²) in [5.41, 5.74) is 2.22. The minimum atomic E-state index is -3.97. The number of nitrogens with one attached hydrogen (secondary N) is 1. The van der Waals surface area contributed by atoms with Gasteiger partial charge in [-0.3, -0.25) is 9.10 Å². The fraction of sp³-hybridized carbons (Fsp3) is 0.174. The lowest BCUT2D eigenvalue weighted by Crippen LogP contribution is -2.35. The van der Waals surface area contributed by atoms with Crippen LogP contribution in [0.4, 0.5) is 11.4 Å². The summed E-state index contributed by atoms with van der Waals surface area (Å²) < 4.78 is 34.0. The normalized spacial score (nSPS) is 13.4. The van der Waals surface area contributed by atoms with Gasteiger partial charge >= 0.3 is 0 Å². The minimum absolute atomic E-state index is 0.0708. The number of hydrogen-bond acceptors (Lipinski definition) is 4. The first-order valence-corrected chi connectivity index (χ1v) is 12.1. The fourth-order valence-electron chi connectivity index (χ4n) is 3.66. The largest absolute Gasteiger partial charge is 0.495 e. The van der Waals surface area contributed by atoms with Crippen LogP contribution in [0.25, 0.3) is 0 Å². The van der Waals surface area contributed by atoms with E-state index in [1.54, 1.807) is 18.2 Å². The molecule has 166 valence electrons. The Morgan fingerprint density at radius 3 is 2.56 bits per heavy atom. The standard InChI is InChI=1S/C23H20Cl2N2O4S/c1-31-21-11-8-16(23(28)26-17-9-10-18(24)19(25)14-17)13-22(21)32(29,30)27-12-4-6-15-5-2-3-7-20(15)27/h2-3,5,7-11,13-14H,4,6,12H2,1H3,(H,26,28). The zero-order valence-electron chi connectivity index (χ0n) is 17.1. The molecule has 1 heterocycles. The molecule has 0 aromatic heterocycles. The Balaban J connectivity index is 1.71. The Morgan fingerprint density at radius 1 is 1.03 bits per heavy atom. The molecular weight excluding hydrogens is 471 g/mol. The van der Waals surface area contributed by atoms with Crippen LogP contribution in [0.2, 0.25) is 10.0 Å². The number of rotatable bonds is 5. The van der Waals surface area contributed by atoms with Crippen molar-refractivity contribution in [1.82, 2.24) is 0 Å². The lowest BCUT2D eigenvalue weighted by atomic mass is 10.0. The molecule has 0 aliphatic carbocycles. The number of benzene rings is 3.